The van der Waals surface area contributed by atoms with Crippen molar-refractivity contribution in [1.29, 1.82) is 0 Å². The number of nitrogens with one attached hydrogen (secondary N) is 1. The fraction of sp³-hybridized carbons (Fsp3) is 0.583. The van der Waals surface area contributed by atoms with E-state index in [1.165, 1.54) is 24.1 Å². The molecule has 1 aliphatic carbocycles. The SMILES string of the molecule is Cc1cnccc1NC1CCC(N)CC1. The average Bonchev–Trinajstić information content (AvgIpc) is 2.25. The summed E-state index contributed by atoms with van der Waals surface area (Å²) in [6.45, 7) is 2.09. The average molecular weight is 205 g/mol. The minimum atomic E-state index is 0.418. The summed E-state index contributed by atoms with van der Waals surface area (Å²) >= 11 is 0. The van der Waals surface area contributed by atoms with E-state index >= 15 is 0 Å². The van der Waals surface area contributed by atoms with Gasteiger partial charge in [-0.3, -0.25) is 4.98 Å². The highest BCUT2D eigenvalue weighted by Crippen LogP contribution is 2.22. The quantitative estimate of drug-likeness (QED) is 0.777. The van der Waals surface area contributed by atoms with Gasteiger partial charge in [0.05, 0.1) is 0 Å². The Labute approximate surface area is 91.1 Å². The normalized spacial score (nSPS) is 26.3. The van der Waals surface area contributed by atoms with Gasteiger partial charge >= 0.3 is 0 Å². The molecule has 3 heteroatoms. The standard InChI is InChI=1S/C12H19N3/c1-9-8-14-7-6-12(9)15-11-4-2-10(13)3-5-11/h6-8,10-11H,2-5,13H2,1H3,(H,14,15). The molecule has 0 aromatic carbocycles. The lowest BCUT2D eigenvalue weighted by Crippen LogP contribution is -2.32. The third kappa shape index (κ3) is 2.69. The summed E-state index contributed by atoms with van der Waals surface area (Å²) in [5.41, 5.74) is 8.31. The summed E-state index contributed by atoms with van der Waals surface area (Å²) in [4.78, 5) is 4.09. The molecule has 82 valence electrons. The molecule has 0 spiro atoms. The van der Waals surface area contributed by atoms with Gasteiger partial charge in [-0.15, -0.1) is 0 Å². The largest absolute Gasteiger partial charge is 0.382 e. The Morgan fingerprint density at radius 1 is 1.33 bits per heavy atom. The highest BCUT2D eigenvalue weighted by Gasteiger charge is 2.18. The molecule has 0 radical (unpaired) electrons. The van der Waals surface area contributed by atoms with Gasteiger partial charge < -0.3 is 11.1 Å². The van der Waals surface area contributed by atoms with Gasteiger partial charge in [0, 0.05) is 30.2 Å². The van der Waals surface area contributed by atoms with Crippen molar-refractivity contribution in [2.24, 2.45) is 5.73 Å². The highest BCUT2D eigenvalue weighted by molar-refractivity contribution is 5.49. The number of hydrogen-bond donors (Lipinski definition) is 2. The van der Waals surface area contributed by atoms with E-state index in [-0.39, 0.29) is 0 Å². The van der Waals surface area contributed by atoms with Crippen LogP contribution >= 0.6 is 0 Å². The summed E-state index contributed by atoms with van der Waals surface area (Å²) in [5, 5.41) is 3.57. The zero-order valence-corrected chi connectivity index (χ0v) is 9.24. The summed E-state index contributed by atoms with van der Waals surface area (Å²) in [6.07, 6.45) is 8.39. The molecule has 0 amide bonds. The number of anilines is 1. The third-order valence-electron chi connectivity index (χ3n) is 3.15. The van der Waals surface area contributed by atoms with Crippen molar-refractivity contribution >= 4 is 5.69 Å². The first-order valence-corrected chi connectivity index (χ1v) is 5.68. The van der Waals surface area contributed by atoms with Crippen LogP contribution < -0.4 is 11.1 Å². The fourth-order valence-electron chi connectivity index (χ4n) is 2.12. The van der Waals surface area contributed by atoms with Gasteiger partial charge in [0.2, 0.25) is 0 Å². The molecule has 0 unspecified atom stereocenters. The molecule has 3 N–H and O–H groups in total. The molecule has 1 aromatic heterocycles. The molecule has 1 aliphatic rings. The van der Waals surface area contributed by atoms with Gasteiger partial charge in [0.25, 0.3) is 0 Å². The molecule has 3 nitrogen and oxygen atoms in total. The van der Waals surface area contributed by atoms with Crippen LogP contribution in [-0.4, -0.2) is 17.1 Å². The van der Waals surface area contributed by atoms with Gasteiger partial charge in [0.1, 0.15) is 0 Å². The molecular formula is C12H19N3. The lowest BCUT2D eigenvalue weighted by Gasteiger charge is -2.28. The smallest absolute Gasteiger partial charge is 0.0402 e. The van der Waals surface area contributed by atoms with E-state index in [9.17, 15) is 0 Å². The van der Waals surface area contributed by atoms with E-state index in [0.29, 0.717) is 12.1 Å². The summed E-state index contributed by atoms with van der Waals surface area (Å²) < 4.78 is 0. The van der Waals surface area contributed by atoms with Crippen LogP contribution in [0, 0.1) is 6.92 Å². The minimum absolute atomic E-state index is 0.418. The van der Waals surface area contributed by atoms with Crippen molar-refractivity contribution in [2.45, 2.75) is 44.7 Å². The summed E-state index contributed by atoms with van der Waals surface area (Å²) in [6, 6.07) is 3.05. The van der Waals surface area contributed by atoms with Crippen LogP contribution in [0.5, 0.6) is 0 Å². The minimum Gasteiger partial charge on any atom is -0.382 e. The number of hydrogen-bond acceptors (Lipinski definition) is 3. The second kappa shape index (κ2) is 4.62. The summed E-state index contributed by atoms with van der Waals surface area (Å²) in [5.74, 6) is 0. The first-order valence-electron chi connectivity index (χ1n) is 5.68. The fourth-order valence-corrected chi connectivity index (χ4v) is 2.12. The number of nitrogens with two attached hydrogens (primary N) is 1. The first-order chi connectivity index (χ1) is 7.25. The molecule has 2 rings (SSSR count). The highest BCUT2D eigenvalue weighted by atomic mass is 14.9. The first kappa shape index (κ1) is 10.4. The number of nitrogens with zero attached hydrogens (tertiary/aromatic N) is 1. The van der Waals surface area contributed by atoms with Crippen molar-refractivity contribution in [2.75, 3.05) is 5.32 Å². The number of aryl methyl sites for hydroxylation is 1. The Kier molecular flexibility index (Phi) is 3.21. The molecular weight excluding hydrogens is 186 g/mol. The zero-order chi connectivity index (χ0) is 10.7. The van der Waals surface area contributed by atoms with Crippen LogP contribution in [0.2, 0.25) is 0 Å². The van der Waals surface area contributed by atoms with E-state index in [0.717, 1.165) is 12.8 Å². The molecule has 0 saturated heterocycles. The van der Waals surface area contributed by atoms with Crippen molar-refractivity contribution in [3.63, 3.8) is 0 Å². The lowest BCUT2D eigenvalue weighted by atomic mass is 9.91. The van der Waals surface area contributed by atoms with Crippen LogP contribution in [0.15, 0.2) is 18.5 Å². The Morgan fingerprint density at radius 2 is 2.07 bits per heavy atom. The van der Waals surface area contributed by atoms with Crippen LogP contribution in [0.4, 0.5) is 5.69 Å². The molecule has 1 aromatic rings. The van der Waals surface area contributed by atoms with Crippen LogP contribution in [0.25, 0.3) is 0 Å². The monoisotopic (exact) mass is 205 g/mol. The molecule has 1 fully saturated rings. The molecule has 0 aliphatic heterocycles. The van der Waals surface area contributed by atoms with Gasteiger partial charge in [-0.1, -0.05) is 0 Å². The number of pyridine rings is 1. The maximum absolute atomic E-state index is 5.88. The predicted octanol–water partition coefficient (Wildman–Crippen LogP) is 2.07. The lowest BCUT2D eigenvalue weighted by molar-refractivity contribution is 0.411. The third-order valence-corrected chi connectivity index (χ3v) is 3.15. The van der Waals surface area contributed by atoms with Gasteiger partial charge in [-0.25, -0.2) is 0 Å². The topological polar surface area (TPSA) is 50.9 Å². The Balaban J connectivity index is 1.95. The van der Waals surface area contributed by atoms with E-state index in [1.807, 2.05) is 18.5 Å². The van der Waals surface area contributed by atoms with Crippen LogP contribution in [0.3, 0.4) is 0 Å². The van der Waals surface area contributed by atoms with Gasteiger partial charge in [-0.05, 0) is 44.2 Å². The maximum atomic E-state index is 5.88. The maximum Gasteiger partial charge on any atom is 0.0402 e. The number of aromatic nitrogens is 1. The van der Waals surface area contributed by atoms with E-state index in [4.69, 9.17) is 5.73 Å². The Morgan fingerprint density at radius 3 is 2.73 bits per heavy atom. The molecule has 15 heavy (non-hydrogen) atoms. The van der Waals surface area contributed by atoms with Crippen LogP contribution in [0.1, 0.15) is 31.2 Å². The summed E-state index contributed by atoms with van der Waals surface area (Å²) in [7, 11) is 0. The Bertz CT molecular complexity index is 316. The zero-order valence-electron chi connectivity index (χ0n) is 9.24. The van der Waals surface area contributed by atoms with Crippen molar-refractivity contribution in [3.8, 4) is 0 Å². The van der Waals surface area contributed by atoms with E-state index < -0.39 is 0 Å². The number of rotatable bonds is 2. The van der Waals surface area contributed by atoms with Gasteiger partial charge in [0.15, 0.2) is 0 Å². The van der Waals surface area contributed by atoms with Gasteiger partial charge in [-0.2, -0.15) is 0 Å². The van der Waals surface area contributed by atoms with Crippen LogP contribution in [-0.2, 0) is 0 Å². The van der Waals surface area contributed by atoms with E-state index in [1.54, 1.807) is 0 Å². The molecule has 0 atom stereocenters. The molecule has 1 heterocycles. The van der Waals surface area contributed by atoms with Crippen molar-refractivity contribution in [1.82, 2.24) is 4.98 Å². The Hall–Kier alpha value is -1.09. The molecule has 1 saturated carbocycles. The van der Waals surface area contributed by atoms with Crippen molar-refractivity contribution in [3.05, 3.63) is 24.0 Å². The van der Waals surface area contributed by atoms with E-state index in [2.05, 4.69) is 17.2 Å². The molecule has 0 bridgehead atoms. The predicted molar refractivity (Wildman–Crippen MR) is 62.8 cm³/mol. The second-order valence-corrected chi connectivity index (χ2v) is 4.45. The second-order valence-electron chi connectivity index (χ2n) is 4.45. The van der Waals surface area contributed by atoms with Crippen molar-refractivity contribution < 1.29 is 0 Å².